The van der Waals surface area contributed by atoms with E-state index in [-0.39, 0.29) is 17.7 Å². The fourth-order valence-corrected chi connectivity index (χ4v) is 3.02. The molecule has 130 valence electrons. The molecule has 1 fully saturated rings. The molecule has 1 heterocycles. The number of nitrogens with two attached hydrogens (primary N) is 1. The third kappa shape index (κ3) is 4.18. The van der Waals surface area contributed by atoms with E-state index in [0.29, 0.717) is 31.8 Å². The highest BCUT2D eigenvalue weighted by Crippen LogP contribution is 2.22. The van der Waals surface area contributed by atoms with Crippen molar-refractivity contribution in [3.63, 3.8) is 0 Å². The normalized spacial score (nSPS) is 18.0. The lowest BCUT2D eigenvalue weighted by Crippen LogP contribution is -2.42. The Bertz CT molecular complexity index is 767. The van der Waals surface area contributed by atoms with Crippen LogP contribution in [0.15, 0.2) is 53.5 Å². The molecule has 0 saturated carbocycles. The van der Waals surface area contributed by atoms with Crippen LogP contribution in [0, 0.1) is 6.92 Å². The minimum absolute atomic E-state index is 0.119. The van der Waals surface area contributed by atoms with Crippen molar-refractivity contribution in [1.82, 2.24) is 4.90 Å². The standard InChI is InChI=1S/C20H23N3O2/c1-14-2-4-16(5-3-14)13-23-18(10-11-19(23)25)20(21)22-12-15-6-8-17(24)9-7-15/h2-9,18,24H,10-13H2,1H3,(H2,21,22). The molecule has 3 rings (SSSR count). The molecule has 2 aromatic rings. The van der Waals surface area contributed by atoms with Crippen molar-refractivity contribution in [1.29, 1.82) is 0 Å². The van der Waals surface area contributed by atoms with E-state index in [1.165, 1.54) is 5.56 Å². The van der Waals surface area contributed by atoms with Gasteiger partial charge in [-0.2, -0.15) is 0 Å². The molecule has 5 heteroatoms. The van der Waals surface area contributed by atoms with E-state index in [1.807, 2.05) is 48.2 Å². The van der Waals surface area contributed by atoms with E-state index in [2.05, 4.69) is 4.99 Å². The molecule has 0 bridgehead atoms. The average Bonchev–Trinajstić information content (AvgIpc) is 2.97. The molecule has 0 aliphatic carbocycles. The number of likely N-dealkylation sites (tertiary alicyclic amines) is 1. The van der Waals surface area contributed by atoms with E-state index in [0.717, 1.165) is 11.1 Å². The van der Waals surface area contributed by atoms with Crippen LogP contribution in [0.5, 0.6) is 5.75 Å². The first-order valence-electron chi connectivity index (χ1n) is 8.45. The van der Waals surface area contributed by atoms with E-state index < -0.39 is 0 Å². The van der Waals surface area contributed by atoms with Gasteiger partial charge in [0.05, 0.1) is 12.6 Å². The van der Waals surface area contributed by atoms with Crippen molar-refractivity contribution in [2.45, 2.75) is 38.9 Å². The smallest absolute Gasteiger partial charge is 0.223 e. The quantitative estimate of drug-likeness (QED) is 0.650. The number of aromatic hydroxyl groups is 1. The number of benzene rings is 2. The van der Waals surface area contributed by atoms with Gasteiger partial charge in [0.25, 0.3) is 0 Å². The molecule has 2 aromatic carbocycles. The molecule has 0 spiro atoms. The fraction of sp³-hybridized carbons (Fsp3) is 0.300. The number of aryl methyl sites for hydroxylation is 1. The topological polar surface area (TPSA) is 78.9 Å². The highest BCUT2D eigenvalue weighted by Gasteiger charge is 2.33. The molecule has 1 aliphatic rings. The van der Waals surface area contributed by atoms with Gasteiger partial charge >= 0.3 is 0 Å². The Morgan fingerprint density at radius 1 is 1.16 bits per heavy atom. The highest BCUT2D eigenvalue weighted by molar-refractivity contribution is 5.93. The maximum Gasteiger partial charge on any atom is 0.223 e. The monoisotopic (exact) mass is 337 g/mol. The van der Waals surface area contributed by atoms with Crippen LogP contribution in [0.25, 0.3) is 0 Å². The van der Waals surface area contributed by atoms with E-state index in [4.69, 9.17) is 5.73 Å². The van der Waals surface area contributed by atoms with E-state index in [9.17, 15) is 9.90 Å². The Labute approximate surface area is 147 Å². The molecule has 0 aromatic heterocycles. The number of amides is 1. The lowest BCUT2D eigenvalue weighted by atomic mass is 10.1. The minimum atomic E-state index is -0.147. The summed E-state index contributed by atoms with van der Waals surface area (Å²) in [5.41, 5.74) is 9.45. The Kier molecular flexibility index (Phi) is 5.03. The van der Waals surface area contributed by atoms with Gasteiger partial charge in [-0.3, -0.25) is 9.79 Å². The first-order chi connectivity index (χ1) is 12.0. The molecular weight excluding hydrogens is 314 g/mol. The van der Waals surface area contributed by atoms with Crippen LogP contribution in [0.3, 0.4) is 0 Å². The van der Waals surface area contributed by atoms with Crippen molar-refractivity contribution in [2.75, 3.05) is 0 Å². The zero-order valence-electron chi connectivity index (χ0n) is 14.4. The molecular formula is C20H23N3O2. The van der Waals surface area contributed by atoms with Crippen LogP contribution in [-0.4, -0.2) is 27.8 Å². The maximum absolute atomic E-state index is 12.3. The number of hydrogen-bond acceptors (Lipinski definition) is 3. The second kappa shape index (κ2) is 7.38. The maximum atomic E-state index is 12.3. The van der Waals surface area contributed by atoms with Crippen LogP contribution >= 0.6 is 0 Å². The molecule has 1 atom stereocenters. The number of phenolic OH excluding ortho intramolecular Hbond substituents is 1. The van der Waals surface area contributed by atoms with Crippen molar-refractivity contribution >= 4 is 11.7 Å². The van der Waals surface area contributed by atoms with Crippen LogP contribution in [-0.2, 0) is 17.9 Å². The predicted octanol–water partition coefficient (Wildman–Crippen LogP) is 2.75. The Morgan fingerprint density at radius 2 is 1.80 bits per heavy atom. The van der Waals surface area contributed by atoms with Gasteiger partial charge in [0.1, 0.15) is 11.6 Å². The van der Waals surface area contributed by atoms with E-state index in [1.54, 1.807) is 12.1 Å². The first-order valence-corrected chi connectivity index (χ1v) is 8.45. The summed E-state index contributed by atoms with van der Waals surface area (Å²) in [7, 11) is 0. The number of aliphatic imine (C=N–C) groups is 1. The summed E-state index contributed by atoms with van der Waals surface area (Å²) >= 11 is 0. The third-order valence-electron chi connectivity index (χ3n) is 4.52. The predicted molar refractivity (Wildman–Crippen MR) is 98.2 cm³/mol. The lowest BCUT2D eigenvalue weighted by molar-refractivity contribution is -0.128. The zero-order chi connectivity index (χ0) is 17.8. The lowest BCUT2D eigenvalue weighted by Gasteiger charge is -2.24. The summed E-state index contributed by atoms with van der Waals surface area (Å²) in [6.45, 7) is 3.04. The summed E-state index contributed by atoms with van der Waals surface area (Å²) in [6, 6.07) is 14.9. The van der Waals surface area contributed by atoms with Crippen LogP contribution in [0.4, 0.5) is 0 Å². The van der Waals surface area contributed by atoms with Crippen LogP contribution in [0.1, 0.15) is 29.5 Å². The highest BCUT2D eigenvalue weighted by atomic mass is 16.3. The molecule has 5 nitrogen and oxygen atoms in total. The molecule has 1 aliphatic heterocycles. The van der Waals surface area contributed by atoms with Gasteiger partial charge in [0.15, 0.2) is 0 Å². The van der Waals surface area contributed by atoms with Crippen molar-refractivity contribution in [3.05, 3.63) is 65.2 Å². The molecule has 25 heavy (non-hydrogen) atoms. The molecule has 3 N–H and O–H groups in total. The van der Waals surface area contributed by atoms with Gasteiger partial charge in [-0.1, -0.05) is 42.0 Å². The molecule has 1 unspecified atom stereocenters. The largest absolute Gasteiger partial charge is 0.508 e. The second-order valence-corrected chi connectivity index (χ2v) is 6.47. The number of nitrogens with zero attached hydrogens (tertiary/aromatic N) is 2. The van der Waals surface area contributed by atoms with Crippen LogP contribution in [0.2, 0.25) is 0 Å². The third-order valence-corrected chi connectivity index (χ3v) is 4.52. The molecule has 1 amide bonds. The van der Waals surface area contributed by atoms with Gasteiger partial charge in [0, 0.05) is 13.0 Å². The summed E-state index contributed by atoms with van der Waals surface area (Å²) in [5.74, 6) is 0.839. The minimum Gasteiger partial charge on any atom is -0.508 e. The zero-order valence-corrected chi connectivity index (χ0v) is 14.4. The Hall–Kier alpha value is -2.82. The number of carbonyl (C=O) groups is 1. The summed E-state index contributed by atoms with van der Waals surface area (Å²) in [6.07, 6.45) is 1.21. The van der Waals surface area contributed by atoms with Gasteiger partial charge in [-0.15, -0.1) is 0 Å². The van der Waals surface area contributed by atoms with Gasteiger partial charge < -0.3 is 15.7 Å². The number of phenols is 1. The SMILES string of the molecule is Cc1ccc(CN2C(=O)CCC2C(N)=NCc2ccc(O)cc2)cc1. The molecule has 0 radical (unpaired) electrons. The first kappa shape index (κ1) is 17.0. The van der Waals surface area contributed by atoms with Gasteiger partial charge in [-0.05, 0) is 36.6 Å². The number of rotatable bonds is 5. The van der Waals surface area contributed by atoms with Gasteiger partial charge in [-0.25, -0.2) is 0 Å². The Morgan fingerprint density at radius 3 is 2.48 bits per heavy atom. The number of carbonyl (C=O) groups excluding carboxylic acids is 1. The van der Waals surface area contributed by atoms with Crippen molar-refractivity contribution in [2.24, 2.45) is 10.7 Å². The summed E-state index contributed by atoms with van der Waals surface area (Å²) in [4.78, 5) is 18.5. The van der Waals surface area contributed by atoms with E-state index >= 15 is 0 Å². The van der Waals surface area contributed by atoms with Crippen LogP contribution < -0.4 is 5.73 Å². The fourth-order valence-electron chi connectivity index (χ4n) is 3.02. The van der Waals surface area contributed by atoms with Crippen molar-refractivity contribution in [3.8, 4) is 5.75 Å². The average molecular weight is 337 g/mol. The number of amidine groups is 1. The number of hydrogen-bond donors (Lipinski definition) is 2. The van der Waals surface area contributed by atoms with Gasteiger partial charge in [0.2, 0.25) is 5.91 Å². The second-order valence-electron chi connectivity index (χ2n) is 6.47. The summed E-state index contributed by atoms with van der Waals surface area (Å²) in [5, 5.41) is 9.32. The Balaban J connectivity index is 1.70. The summed E-state index contributed by atoms with van der Waals surface area (Å²) < 4.78 is 0. The van der Waals surface area contributed by atoms with Crippen molar-refractivity contribution < 1.29 is 9.90 Å². The molecule has 1 saturated heterocycles.